The summed E-state index contributed by atoms with van der Waals surface area (Å²) in [7, 11) is 0. The van der Waals surface area contributed by atoms with E-state index in [0.717, 1.165) is 18.4 Å². The van der Waals surface area contributed by atoms with E-state index in [4.69, 9.17) is 10.5 Å². The number of amides is 1. The molecular weight excluding hydrogens is 306 g/mol. The fourth-order valence-corrected chi connectivity index (χ4v) is 2.65. The van der Waals surface area contributed by atoms with Gasteiger partial charge in [0.05, 0.1) is 6.04 Å². The zero-order valence-corrected chi connectivity index (χ0v) is 13.1. The number of halogens is 2. The molecule has 0 bridgehead atoms. The molecule has 0 radical (unpaired) electrons. The molecular formula is C16H22F2N2O3. The summed E-state index contributed by atoms with van der Waals surface area (Å²) in [5.41, 5.74) is 7.38. The minimum absolute atomic E-state index is 0.0607. The Balaban J connectivity index is 1.96. The lowest BCUT2D eigenvalue weighted by atomic mass is 9.92. The molecule has 1 saturated heterocycles. The van der Waals surface area contributed by atoms with E-state index in [1.54, 1.807) is 12.1 Å². The number of nitrogens with two attached hydrogens (primary N) is 1. The molecule has 1 atom stereocenters. The molecule has 1 amide bonds. The van der Waals surface area contributed by atoms with E-state index in [1.165, 1.54) is 6.07 Å². The van der Waals surface area contributed by atoms with E-state index in [2.05, 4.69) is 10.1 Å². The smallest absolute Gasteiger partial charge is 0.387 e. The molecule has 1 aliphatic heterocycles. The predicted molar refractivity (Wildman–Crippen MR) is 81.2 cm³/mol. The maximum Gasteiger partial charge on any atom is 0.387 e. The van der Waals surface area contributed by atoms with Crippen molar-refractivity contribution < 1.29 is 23.0 Å². The summed E-state index contributed by atoms with van der Waals surface area (Å²) < 4.78 is 34.6. The molecule has 23 heavy (non-hydrogen) atoms. The first-order valence-corrected chi connectivity index (χ1v) is 7.62. The second-order valence-corrected chi connectivity index (χ2v) is 5.68. The van der Waals surface area contributed by atoms with Gasteiger partial charge in [-0.2, -0.15) is 8.78 Å². The lowest BCUT2D eigenvalue weighted by Crippen LogP contribution is -2.46. The first-order valence-electron chi connectivity index (χ1n) is 7.62. The van der Waals surface area contributed by atoms with Crippen molar-refractivity contribution in [3.05, 3.63) is 29.3 Å². The van der Waals surface area contributed by atoms with Crippen molar-refractivity contribution in [3.8, 4) is 5.75 Å². The van der Waals surface area contributed by atoms with Crippen molar-refractivity contribution >= 4 is 5.91 Å². The lowest BCUT2D eigenvalue weighted by Gasteiger charge is -2.26. The van der Waals surface area contributed by atoms with Gasteiger partial charge >= 0.3 is 6.61 Å². The van der Waals surface area contributed by atoms with E-state index in [-0.39, 0.29) is 24.1 Å². The second-order valence-electron chi connectivity index (χ2n) is 5.68. The van der Waals surface area contributed by atoms with E-state index >= 15 is 0 Å². The number of nitrogens with one attached hydrogen (secondary N) is 1. The number of carbonyl (C=O) groups is 1. The quantitative estimate of drug-likeness (QED) is 0.837. The maximum absolute atomic E-state index is 12.4. The lowest BCUT2D eigenvalue weighted by molar-refractivity contribution is -0.124. The summed E-state index contributed by atoms with van der Waals surface area (Å²) >= 11 is 0. The van der Waals surface area contributed by atoms with Crippen LogP contribution in [0.5, 0.6) is 5.75 Å². The van der Waals surface area contributed by atoms with Crippen molar-refractivity contribution in [3.63, 3.8) is 0 Å². The van der Waals surface area contributed by atoms with Crippen LogP contribution in [0.25, 0.3) is 0 Å². The van der Waals surface area contributed by atoms with Crippen LogP contribution in [0, 0.1) is 12.8 Å². The summed E-state index contributed by atoms with van der Waals surface area (Å²) in [6.07, 6.45) is 1.50. The molecule has 0 aliphatic carbocycles. The molecule has 0 saturated carbocycles. The van der Waals surface area contributed by atoms with Gasteiger partial charge in [0.15, 0.2) is 0 Å². The van der Waals surface area contributed by atoms with Gasteiger partial charge in [0.2, 0.25) is 5.91 Å². The summed E-state index contributed by atoms with van der Waals surface area (Å²) in [6, 6.07) is 4.24. The fourth-order valence-electron chi connectivity index (χ4n) is 2.65. The first kappa shape index (κ1) is 17.6. The number of ether oxygens (including phenoxy) is 2. The van der Waals surface area contributed by atoms with Crippen LogP contribution in [0.3, 0.4) is 0 Å². The number of aryl methyl sites for hydroxylation is 1. The average molecular weight is 328 g/mol. The van der Waals surface area contributed by atoms with Gasteiger partial charge in [-0.15, -0.1) is 0 Å². The zero-order valence-electron chi connectivity index (χ0n) is 13.1. The third-order valence-electron chi connectivity index (χ3n) is 3.96. The van der Waals surface area contributed by atoms with E-state index in [9.17, 15) is 13.6 Å². The number of carbonyl (C=O) groups excluding carboxylic acids is 1. The van der Waals surface area contributed by atoms with Crippen LogP contribution in [-0.4, -0.2) is 31.8 Å². The molecule has 1 aliphatic rings. The van der Waals surface area contributed by atoms with Crippen molar-refractivity contribution in [1.29, 1.82) is 0 Å². The van der Waals surface area contributed by atoms with Gasteiger partial charge in [0.1, 0.15) is 5.75 Å². The van der Waals surface area contributed by atoms with Crippen molar-refractivity contribution in [2.24, 2.45) is 11.7 Å². The van der Waals surface area contributed by atoms with Crippen LogP contribution in [0.4, 0.5) is 8.78 Å². The Kier molecular flexibility index (Phi) is 6.29. The molecule has 3 N–H and O–H groups in total. The van der Waals surface area contributed by atoms with Gasteiger partial charge in [-0.1, -0.05) is 17.7 Å². The summed E-state index contributed by atoms with van der Waals surface area (Å²) in [6.45, 7) is 0.243. The van der Waals surface area contributed by atoms with Crippen LogP contribution in [0.2, 0.25) is 0 Å². The Hall–Kier alpha value is -1.73. The molecule has 1 aromatic rings. The van der Waals surface area contributed by atoms with Crippen molar-refractivity contribution in [2.45, 2.75) is 39.0 Å². The Morgan fingerprint density at radius 2 is 2.13 bits per heavy atom. The van der Waals surface area contributed by atoms with Crippen LogP contribution < -0.4 is 15.8 Å². The molecule has 5 nitrogen and oxygen atoms in total. The minimum atomic E-state index is -2.91. The molecule has 2 rings (SSSR count). The Morgan fingerprint density at radius 1 is 1.43 bits per heavy atom. The fraction of sp³-hybridized carbons (Fsp3) is 0.562. The van der Waals surface area contributed by atoms with Crippen LogP contribution >= 0.6 is 0 Å². The summed E-state index contributed by atoms with van der Waals surface area (Å²) in [4.78, 5) is 12.2. The number of hydrogen-bond acceptors (Lipinski definition) is 4. The highest BCUT2D eigenvalue weighted by Gasteiger charge is 2.26. The number of alkyl halides is 2. The molecule has 7 heteroatoms. The number of benzene rings is 1. The van der Waals surface area contributed by atoms with E-state index in [1.807, 2.05) is 6.92 Å². The van der Waals surface area contributed by atoms with Gasteiger partial charge in [0, 0.05) is 25.3 Å². The molecule has 1 fully saturated rings. The SMILES string of the molecule is Cc1ccc(OC(F)F)c(CNC(=O)C(N)C2CCOCC2)c1. The normalized spacial score (nSPS) is 17.1. The summed E-state index contributed by atoms with van der Waals surface area (Å²) in [5, 5.41) is 2.71. The number of rotatable bonds is 6. The van der Waals surface area contributed by atoms with E-state index in [0.29, 0.717) is 18.8 Å². The van der Waals surface area contributed by atoms with Crippen LogP contribution in [0.1, 0.15) is 24.0 Å². The van der Waals surface area contributed by atoms with Gasteiger partial charge in [0.25, 0.3) is 0 Å². The third kappa shape index (κ3) is 5.14. The van der Waals surface area contributed by atoms with Gasteiger partial charge in [-0.05, 0) is 31.7 Å². The van der Waals surface area contributed by atoms with Crippen LogP contribution in [-0.2, 0) is 16.1 Å². The highest BCUT2D eigenvalue weighted by molar-refractivity contribution is 5.81. The minimum Gasteiger partial charge on any atom is -0.434 e. The summed E-state index contributed by atoms with van der Waals surface area (Å²) in [5.74, 6) is -0.148. The Morgan fingerprint density at radius 3 is 2.78 bits per heavy atom. The third-order valence-corrected chi connectivity index (χ3v) is 3.96. The van der Waals surface area contributed by atoms with Crippen LogP contribution in [0.15, 0.2) is 18.2 Å². The zero-order chi connectivity index (χ0) is 16.8. The largest absolute Gasteiger partial charge is 0.434 e. The monoisotopic (exact) mass is 328 g/mol. The molecule has 1 aromatic carbocycles. The predicted octanol–water partition coefficient (Wildman–Crippen LogP) is 1.97. The second kappa shape index (κ2) is 8.21. The number of hydrogen-bond donors (Lipinski definition) is 2. The highest BCUT2D eigenvalue weighted by Crippen LogP contribution is 2.22. The van der Waals surface area contributed by atoms with Gasteiger partial charge in [-0.3, -0.25) is 4.79 Å². The topological polar surface area (TPSA) is 73.6 Å². The molecule has 1 heterocycles. The molecule has 1 unspecified atom stereocenters. The highest BCUT2D eigenvalue weighted by atomic mass is 19.3. The average Bonchev–Trinajstić information content (AvgIpc) is 2.54. The Bertz CT molecular complexity index is 534. The maximum atomic E-state index is 12.4. The first-order chi connectivity index (χ1) is 11.0. The van der Waals surface area contributed by atoms with Gasteiger partial charge < -0.3 is 20.5 Å². The standard InChI is InChI=1S/C16H22F2N2O3/c1-10-2-3-13(23-16(17)18)12(8-10)9-20-15(21)14(19)11-4-6-22-7-5-11/h2-3,8,11,14,16H,4-7,9,19H2,1H3,(H,20,21). The van der Waals surface area contributed by atoms with E-state index < -0.39 is 12.7 Å². The molecule has 128 valence electrons. The molecule has 0 aromatic heterocycles. The van der Waals surface area contributed by atoms with Gasteiger partial charge in [-0.25, -0.2) is 0 Å². The van der Waals surface area contributed by atoms with Crippen molar-refractivity contribution in [2.75, 3.05) is 13.2 Å². The Labute approximate surface area is 134 Å². The van der Waals surface area contributed by atoms with Crippen molar-refractivity contribution in [1.82, 2.24) is 5.32 Å². The molecule has 0 spiro atoms.